The van der Waals surface area contributed by atoms with Crippen molar-refractivity contribution in [1.29, 1.82) is 0 Å². The smallest absolute Gasteiger partial charge is 0.160 e. The summed E-state index contributed by atoms with van der Waals surface area (Å²) in [6.07, 6.45) is 0. The molecule has 0 atom stereocenters. The Balaban J connectivity index is 0.966. The summed E-state index contributed by atoms with van der Waals surface area (Å²) in [7, 11) is 0. The lowest BCUT2D eigenvalue weighted by molar-refractivity contribution is 1.18. The van der Waals surface area contributed by atoms with Gasteiger partial charge in [-0.25, -0.2) is 9.97 Å². The number of fused-ring (bicyclic) bond motifs is 12. The number of benzene rings is 9. The molecule has 0 fully saturated rings. The molecular formula is C58H34N4S2. The lowest BCUT2D eigenvalue weighted by atomic mass is 10.0. The summed E-state index contributed by atoms with van der Waals surface area (Å²) in [5.74, 6) is 0.694. The van der Waals surface area contributed by atoms with Crippen LogP contribution in [0.3, 0.4) is 0 Å². The quantitative estimate of drug-likeness (QED) is 0.173. The molecule has 0 aliphatic heterocycles. The van der Waals surface area contributed by atoms with Crippen LogP contribution in [-0.2, 0) is 0 Å². The van der Waals surface area contributed by atoms with Gasteiger partial charge in [0.25, 0.3) is 0 Å². The minimum Gasteiger partial charge on any atom is -0.309 e. The molecule has 0 bridgehead atoms. The molecule has 0 amide bonds. The zero-order chi connectivity index (χ0) is 41.9. The van der Waals surface area contributed by atoms with Gasteiger partial charge in [-0.05, 0) is 84.9 Å². The van der Waals surface area contributed by atoms with Crippen LogP contribution in [-0.4, -0.2) is 19.1 Å². The number of hydrogen-bond acceptors (Lipinski definition) is 4. The molecule has 0 saturated heterocycles. The van der Waals surface area contributed by atoms with E-state index in [2.05, 4.69) is 215 Å². The highest BCUT2D eigenvalue weighted by molar-refractivity contribution is 7.26. The van der Waals surface area contributed by atoms with Crippen molar-refractivity contribution in [2.75, 3.05) is 0 Å². The molecule has 0 saturated carbocycles. The molecule has 298 valence electrons. The highest BCUT2D eigenvalue weighted by atomic mass is 32.1. The fraction of sp³-hybridized carbons (Fsp3) is 0. The zero-order valence-electron chi connectivity index (χ0n) is 34.2. The van der Waals surface area contributed by atoms with Gasteiger partial charge in [-0.2, -0.15) is 0 Å². The second-order valence-corrected chi connectivity index (χ2v) is 18.7. The molecule has 5 aromatic heterocycles. The van der Waals surface area contributed by atoms with E-state index in [1.807, 2.05) is 22.7 Å². The van der Waals surface area contributed by atoms with Crippen LogP contribution >= 0.6 is 22.7 Å². The van der Waals surface area contributed by atoms with Crippen LogP contribution in [0.25, 0.3) is 129 Å². The van der Waals surface area contributed by atoms with Gasteiger partial charge >= 0.3 is 0 Å². The first-order valence-electron chi connectivity index (χ1n) is 21.6. The summed E-state index contributed by atoms with van der Waals surface area (Å²) in [6, 6.07) is 74.7. The number of thiophene rings is 2. The number of rotatable bonds is 5. The topological polar surface area (TPSA) is 35.6 Å². The van der Waals surface area contributed by atoms with E-state index in [0.29, 0.717) is 5.82 Å². The molecular weight excluding hydrogens is 817 g/mol. The Bertz CT molecular complexity index is 3960. The Hall–Kier alpha value is -7.90. The predicted octanol–water partition coefficient (Wildman–Crippen LogP) is 16.4. The van der Waals surface area contributed by atoms with Crippen LogP contribution < -0.4 is 0 Å². The highest BCUT2D eigenvalue weighted by Crippen LogP contribution is 2.44. The number of aromatic nitrogens is 4. The summed E-state index contributed by atoms with van der Waals surface area (Å²) in [5, 5.41) is 9.92. The Morgan fingerprint density at radius 1 is 0.297 bits per heavy atom. The summed E-state index contributed by atoms with van der Waals surface area (Å²) in [5.41, 5.74) is 11.9. The number of para-hydroxylation sites is 2. The van der Waals surface area contributed by atoms with Crippen molar-refractivity contribution in [1.82, 2.24) is 19.1 Å². The molecule has 5 heterocycles. The Morgan fingerprint density at radius 2 is 0.734 bits per heavy atom. The van der Waals surface area contributed by atoms with Gasteiger partial charge in [0.2, 0.25) is 0 Å². The molecule has 64 heavy (non-hydrogen) atoms. The molecule has 9 aromatic carbocycles. The monoisotopic (exact) mass is 850 g/mol. The fourth-order valence-electron chi connectivity index (χ4n) is 10.1. The molecule has 14 aromatic rings. The first-order valence-corrected chi connectivity index (χ1v) is 23.2. The van der Waals surface area contributed by atoms with Crippen molar-refractivity contribution in [2.45, 2.75) is 0 Å². The second-order valence-electron chi connectivity index (χ2n) is 16.5. The maximum Gasteiger partial charge on any atom is 0.160 e. The van der Waals surface area contributed by atoms with Gasteiger partial charge in [0.15, 0.2) is 5.82 Å². The van der Waals surface area contributed by atoms with Crippen LogP contribution in [0.1, 0.15) is 0 Å². The van der Waals surface area contributed by atoms with E-state index in [-0.39, 0.29) is 0 Å². The third-order valence-corrected chi connectivity index (χ3v) is 15.2. The number of nitrogens with zero attached hydrogens (tertiary/aromatic N) is 4. The molecule has 0 N–H and O–H groups in total. The van der Waals surface area contributed by atoms with E-state index in [1.54, 1.807) is 0 Å². The number of hydrogen-bond donors (Lipinski definition) is 0. The Labute approximate surface area is 375 Å². The maximum absolute atomic E-state index is 5.42. The van der Waals surface area contributed by atoms with E-state index in [0.717, 1.165) is 33.6 Å². The molecule has 0 unspecified atom stereocenters. The van der Waals surface area contributed by atoms with Gasteiger partial charge in [0.05, 0.1) is 44.8 Å². The molecule has 0 aliphatic rings. The van der Waals surface area contributed by atoms with Crippen molar-refractivity contribution in [3.63, 3.8) is 0 Å². The highest BCUT2D eigenvalue weighted by Gasteiger charge is 2.21. The van der Waals surface area contributed by atoms with Crippen molar-refractivity contribution in [3.05, 3.63) is 206 Å². The van der Waals surface area contributed by atoms with Gasteiger partial charge in [-0.15, -0.1) is 22.7 Å². The van der Waals surface area contributed by atoms with Crippen LogP contribution in [0.2, 0.25) is 0 Å². The minimum atomic E-state index is 0.694. The Kier molecular flexibility index (Phi) is 7.69. The summed E-state index contributed by atoms with van der Waals surface area (Å²) in [6.45, 7) is 0. The SMILES string of the molecule is c1ccc(-c2cc(-c3ccc4c(c3)c3ccccc3n4-c3cccc4sc5ccccc5c34)nc(-c3ccc4c(c3)c3ccccc3n4-c3cccc4sc5ccccc5c34)n2)cc1. The minimum absolute atomic E-state index is 0.694. The van der Waals surface area contributed by atoms with Crippen LogP contribution in [0.5, 0.6) is 0 Å². The average molecular weight is 851 g/mol. The van der Waals surface area contributed by atoms with E-state index in [4.69, 9.17) is 9.97 Å². The van der Waals surface area contributed by atoms with Crippen molar-refractivity contribution in [2.24, 2.45) is 0 Å². The molecule has 14 rings (SSSR count). The molecule has 4 nitrogen and oxygen atoms in total. The lowest BCUT2D eigenvalue weighted by Gasteiger charge is -2.12. The third kappa shape index (κ3) is 5.27. The van der Waals surface area contributed by atoms with E-state index in [9.17, 15) is 0 Å². The first kappa shape index (κ1) is 35.7. The van der Waals surface area contributed by atoms with Crippen LogP contribution in [0.4, 0.5) is 0 Å². The lowest BCUT2D eigenvalue weighted by Crippen LogP contribution is -1.97. The second kappa shape index (κ2) is 13.8. The Morgan fingerprint density at radius 3 is 1.31 bits per heavy atom. The largest absolute Gasteiger partial charge is 0.309 e. The van der Waals surface area contributed by atoms with Gasteiger partial charge in [-0.3, -0.25) is 0 Å². The summed E-state index contributed by atoms with van der Waals surface area (Å²) < 4.78 is 10.1. The summed E-state index contributed by atoms with van der Waals surface area (Å²) in [4.78, 5) is 10.7. The third-order valence-electron chi connectivity index (χ3n) is 12.9. The zero-order valence-corrected chi connectivity index (χ0v) is 35.9. The van der Waals surface area contributed by atoms with E-state index < -0.39 is 0 Å². The standard InChI is InChI=1S/C58H34N4S2/c1-2-14-35(15-3-1)44-34-45(36-28-30-48-42(32-36)38-16-4-8-20-46(38)61(48)50-22-12-26-54-56(50)40-18-6-10-24-52(40)63-54)60-58(59-44)37-29-31-49-43(33-37)39-17-5-9-21-47(39)62(49)51-23-13-27-55-57(51)41-19-7-11-25-53(41)64-55/h1-34H. The molecule has 0 radical (unpaired) electrons. The maximum atomic E-state index is 5.42. The summed E-state index contributed by atoms with van der Waals surface area (Å²) >= 11 is 3.71. The van der Waals surface area contributed by atoms with Gasteiger partial charge < -0.3 is 9.13 Å². The van der Waals surface area contributed by atoms with E-state index in [1.165, 1.54) is 89.8 Å². The average Bonchev–Trinajstić information content (AvgIpc) is 4.11. The molecule has 0 aliphatic carbocycles. The van der Waals surface area contributed by atoms with Gasteiger partial charge in [0.1, 0.15) is 0 Å². The van der Waals surface area contributed by atoms with Gasteiger partial charge in [0, 0.05) is 78.6 Å². The van der Waals surface area contributed by atoms with E-state index >= 15 is 0 Å². The molecule has 0 spiro atoms. The normalized spacial score (nSPS) is 12.1. The molecule has 6 heteroatoms. The van der Waals surface area contributed by atoms with Gasteiger partial charge in [-0.1, -0.05) is 121 Å². The van der Waals surface area contributed by atoms with Crippen molar-refractivity contribution < 1.29 is 0 Å². The predicted molar refractivity (Wildman–Crippen MR) is 273 cm³/mol. The van der Waals surface area contributed by atoms with Crippen molar-refractivity contribution >= 4 is 107 Å². The van der Waals surface area contributed by atoms with Crippen LogP contribution in [0.15, 0.2) is 206 Å². The van der Waals surface area contributed by atoms with Crippen LogP contribution in [0, 0.1) is 0 Å². The first-order chi connectivity index (χ1) is 31.7. The fourth-order valence-corrected chi connectivity index (χ4v) is 12.4. The van der Waals surface area contributed by atoms with Crippen molar-refractivity contribution in [3.8, 4) is 45.3 Å².